The molecule has 5 atom stereocenters. The van der Waals surface area contributed by atoms with Crippen molar-refractivity contribution in [3.63, 3.8) is 0 Å². The molecule has 3 fully saturated rings. The van der Waals surface area contributed by atoms with E-state index in [9.17, 15) is 19.2 Å². The fraction of sp³-hybridized carbons (Fsp3) is 0.652. The van der Waals surface area contributed by atoms with Gasteiger partial charge in [0.15, 0.2) is 11.6 Å². The molecule has 148 valence electrons. The minimum atomic E-state index is -0.642. The Hall–Kier alpha value is -2.04. The van der Waals surface area contributed by atoms with Crippen LogP contribution in [0.5, 0.6) is 0 Å². The lowest BCUT2D eigenvalue weighted by molar-refractivity contribution is -0.133. The Morgan fingerprint density at radius 1 is 0.857 bits per heavy atom. The lowest BCUT2D eigenvalue weighted by atomic mass is 9.45. The predicted molar refractivity (Wildman–Crippen MR) is 102 cm³/mol. The van der Waals surface area contributed by atoms with Crippen molar-refractivity contribution in [3.8, 4) is 0 Å². The van der Waals surface area contributed by atoms with Crippen molar-refractivity contribution in [3.05, 3.63) is 22.4 Å². The highest BCUT2D eigenvalue weighted by molar-refractivity contribution is 6.33. The lowest BCUT2D eigenvalue weighted by Gasteiger charge is -2.57. The molecule has 0 aromatic heterocycles. The summed E-state index contributed by atoms with van der Waals surface area (Å²) in [5.74, 6) is 0.466. The van der Waals surface area contributed by atoms with Crippen molar-refractivity contribution in [2.24, 2.45) is 34.3 Å². The lowest BCUT2D eigenvalue weighted by Crippen LogP contribution is -2.54. The molecule has 5 aliphatic carbocycles. The maximum atomic E-state index is 13.0. The maximum Gasteiger partial charge on any atom is 0.212 e. The summed E-state index contributed by atoms with van der Waals surface area (Å²) in [5.41, 5.74) is 6.97. The zero-order chi connectivity index (χ0) is 20.0. The normalized spacial score (nSPS) is 43.0. The van der Waals surface area contributed by atoms with Crippen molar-refractivity contribution in [1.29, 1.82) is 0 Å². The molecule has 5 nitrogen and oxygen atoms in total. The van der Waals surface area contributed by atoms with Gasteiger partial charge in [0.05, 0.1) is 11.3 Å². The van der Waals surface area contributed by atoms with Gasteiger partial charge >= 0.3 is 0 Å². The highest BCUT2D eigenvalue weighted by Gasteiger charge is 2.62. The molecule has 2 N–H and O–H groups in total. The largest absolute Gasteiger partial charge is 0.396 e. The summed E-state index contributed by atoms with van der Waals surface area (Å²) in [7, 11) is 0. The fourth-order valence-electron chi connectivity index (χ4n) is 7.54. The van der Waals surface area contributed by atoms with Crippen LogP contribution < -0.4 is 5.73 Å². The van der Waals surface area contributed by atoms with Gasteiger partial charge in [-0.1, -0.05) is 13.8 Å². The van der Waals surface area contributed by atoms with Crippen LogP contribution in [0.4, 0.5) is 0 Å². The molecular formula is C23H27NO4. The molecule has 0 unspecified atom stereocenters. The summed E-state index contributed by atoms with van der Waals surface area (Å²) < 4.78 is 0. The van der Waals surface area contributed by atoms with E-state index in [0.717, 1.165) is 31.3 Å². The van der Waals surface area contributed by atoms with E-state index in [1.807, 2.05) is 6.92 Å². The molecule has 0 spiro atoms. The first kappa shape index (κ1) is 18.0. The zero-order valence-corrected chi connectivity index (χ0v) is 16.6. The molecule has 0 aliphatic heterocycles. The van der Waals surface area contributed by atoms with Crippen LogP contribution in [-0.2, 0) is 19.2 Å². The second-order valence-corrected chi connectivity index (χ2v) is 9.85. The third-order valence-corrected chi connectivity index (χ3v) is 8.95. The highest BCUT2D eigenvalue weighted by atomic mass is 16.2. The van der Waals surface area contributed by atoms with Crippen LogP contribution >= 0.6 is 0 Å². The third-order valence-electron chi connectivity index (χ3n) is 8.95. The van der Waals surface area contributed by atoms with Crippen LogP contribution in [0.3, 0.4) is 0 Å². The summed E-state index contributed by atoms with van der Waals surface area (Å²) in [5, 5.41) is 0. The summed E-state index contributed by atoms with van der Waals surface area (Å²) in [6.45, 7) is 4.17. The number of rotatable bonds is 0. The second kappa shape index (κ2) is 5.52. The zero-order valence-electron chi connectivity index (χ0n) is 16.6. The van der Waals surface area contributed by atoms with Gasteiger partial charge in [-0.15, -0.1) is 0 Å². The summed E-state index contributed by atoms with van der Waals surface area (Å²) in [4.78, 5) is 51.1. The molecule has 0 amide bonds. The van der Waals surface area contributed by atoms with Crippen molar-refractivity contribution in [2.45, 2.75) is 65.2 Å². The Bertz CT molecular complexity index is 925. The molecule has 0 radical (unpaired) electrons. The molecule has 0 aromatic rings. The number of nitrogens with two attached hydrogens (primary N) is 1. The van der Waals surface area contributed by atoms with E-state index >= 15 is 0 Å². The van der Waals surface area contributed by atoms with Crippen LogP contribution in [-0.4, -0.2) is 23.1 Å². The summed E-state index contributed by atoms with van der Waals surface area (Å²) >= 11 is 0. The first-order valence-corrected chi connectivity index (χ1v) is 10.6. The van der Waals surface area contributed by atoms with E-state index in [1.165, 1.54) is 0 Å². The van der Waals surface area contributed by atoms with Gasteiger partial charge in [0, 0.05) is 35.7 Å². The van der Waals surface area contributed by atoms with Gasteiger partial charge < -0.3 is 5.73 Å². The topological polar surface area (TPSA) is 94.3 Å². The molecule has 0 aromatic carbocycles. The third kappa shape index (κ3) is 1.93. The van der Waals surface area contributed by atoms with Gasteiger partial charge in [0.1, 0.15) is 5.78 Å². The number of Topliss-reactive ketones (excluding diaryl/α,β-unsaturated/α-hetero) is 4. The molecular weight excluding hydrogens is 354 g/mol. The van der Waals surface area contributed by atoms with Gasteiger partial charge in [-0.3, -0.25) is 19.2 Å². The monoisotopic (exact) mass is 381 g/mol. The first-order valence-electron chi connectivity index (χ1n) is 10.6. The molecule has 5 rings (SSSR count). The van der Waals surface area contributed by atoms with Crippen molar-refractivity contribution in [2.75, 3.05) is 0 Å². The molecule has 5 heteroatoms. The van der Waals surface area contributed by atoms with Gasteiger partial charge in [-0.05, 0) is 55.4 Å². The predicted octanol–water partition coefficient (Wildman–Crippen LogP) is 2.82. The number of carbonyl (C=O) groups excluding carboxylic acids is 4. The Labute approximate surface area is 164 Å². The molecule has 5 aliphatic rings. The van der Waals surface area contributed by atoms with Crippen LogP contribution in [0, 0.1) is 28.6 Å². The summed E-state index contributed by atoms with van der Waals surface area (Å²) in [6, 6.07) is 0. The van der Waals surface area contributed by atoms with Crippen LogP contribution in [0.1, 0.15) is 65.2 Å². The number of ketones is 4. The number of allylic oxidation sites excluding steroid dienone is 3. The smallest absolute Gasteiger partial charge is 0.212 e. The number of hydrogen-bond donors (Lipinski definition) is 1. The molecule has 0 saturated heterocycles. The standard InChI is InChI=1S/C23H27NO4/c1-22-10-9-13-11(12(22)5-8-17(22)27)3-4-14-20(24)21(28)18-15(25)6-7-16(26)19(18)23(13,14)2/h11-13H,3-10,24H2,1-2H3/t11-,12-,13-,22-,23+/m0/s1. The van der Waals surface area contributed by atoms with E-state index in [0.29, 0.717) is 36.0 Å². The number of carbonyl (C=O) groups is 4. The van der Waals surface area contributed by atoms with E-state index < -0.39 is 11.2 Å². The van der Waals surface area contributed by atoms with Gasteiger partial charge in [0.25, 0.3) is 0 Å². The Balaban J connectivity index is 1.69. The minimum Gasteiger partial charge on any atom is -0.396 e. The maximum absolute atomic E-state index is 13.0. The van der Waals surface area contributed by atoms with E-state index in [-0.39, 0.29) is 47.0 Å². The van der Waals surface area contributed by atoms with Crippen molar-refractivity contribution < 1.29 is 19.2 Å². The fourth-order valence-corrected chi connectivity index (χ4v) is 7.54. The molecule has 0 heterocycles. The first-order chi connectivity index (χ1) is 13.2. The van der Waals surface area contributed by atoms with Crippen molar-refractivity contribution in [1.82, 2.24) is 0 Å². The molecule has 3 saturated carbocycles. The highest BCUT2D eigenvalue weighted by Crippen LogP contribution is 2.66. The van der Waals surface area contributed by atoms with E-state index in [2.05, 4.69) is 6.92 Å². The van der Waals surface area contributed by atoms with Crippen LogP contribution in [0.2, 0.25) is 0 Å². The van der Waals surface area contributed by atoms with E-state index in [1.54, 1.807) is 0 Å². The average Bonchev–Trinajstić information content (AvgIpc) is 2.97. The van der Waals surface area contributed by atoms with Crippen LogP contribution in [0.15, 0.2) is 22.4 Å². The Morgan fingerprint density at radius 3 is 2.32 bits per heavy atom. The van der Waals surface area contributed by atoms with Gasteiger partial charge in [-0.25, -0.2) is 0 Å². The Kier molecular flexibility index (Phi) is 3.55. The molecule has 28 heavy (non-hydrogen) atoms. The second-order valence-electron chi connectivity index (χ2n) is 9.85. The van der Waals surface area contributed by atoms with E-state index in [4.69, 9.17) is 5.73 Å². The average molecular weight is 381 g/mol. The van der Waals surface area contributed by atoms with Crippen LogP contribution in [0.25, 0.3) is 0 Å². The number of hydrogen-bond acceptors (Lipinski definition) is 5. The SMILES string of the molecule is C[C@@]12C(=C(N)C(=O)C3=C1C(=O)CCC3=O)CC[C@@H]1[C@@H]2CC[C@]2(C)C(=O)CC[C@@H]12. The quantitative estimate of drug-likeness (QED) is 0.651. The van der Waals surface area contributed by atoms with Gasteiger partial charge in [-0.2, -0.15) is 0 Å². The Morgan fingerprint density at radius 2 is 1.57 bits per heavy atom. The molecule has 0 bridgehead atoms. The van der Waals surface area contributed by atoms with Gasteiger partial charge in [0.2, 0.25) is 5.78 Å². The minimum absolute atomic E-state index is 0.0630. The van der Waals surface area contributed by atoms with Crippen molar-refractivity contribution >= 4 is 23.1 Å². The number of fused-ring (bicyclic) bond motifs is 6. The summed E-state index contributed by atoms with van der Waals surface area (Å²) in [6.07, 6.45) is 5.09.